The fourth-order valence-corrected chi connectivity index (χ4v) is 4.95. The number of para-hydroxylation sites is 1. The summed E-state index contributed by atoms with van der Waals surface area (Å²) in [4.78, 5) is 18.1. The van der Waals surface area contributed by atoms with Crippen LogP contribution in [0.25, 0.3) is 28.0 Å². The van der Waals surface area contributed by atoms with Gasteiger partial charge in [-0.05, 0) is 48.5 Å². The van der Waals surface area contributed by atoms with E-state index in [0.717, 1.165) is 16.9 Å². The van der Waals surface area contributed by atoms with E-state index in [9.17, 15) is 4.79 Å². The Kier molecular flexibility index (Phi) is 5.00. The van der Waals surface area contributed by atoms with Crippen molar-refractivity contribution in [2.24, 2.45) is 0 Å². The summed E-state index contributed by atoms with van der Waals surface area (Å²) in [6.45, 7) is 0. The monoisotopic (exact) mass is 488 g/mol. The number of hydrogen-bond acceptors (Lipinski definition) is 6. The summed E-state index contributed by atoms with van der Waals surface area (Å²) in [5.41, 5.74) is 2.99. The number of fused-ring (bicyclic) bond motifs is 4. The van der Waals surface area contributed by atoms with Crippen LogP contribution in [0.3, 0.4) is 0 Å². The molecule has 0 amide bonds. The van der Waals surface area contributed by atoms with Crippen LogP contribution in [-0.4, -0.2) is 35.7 Å². The Labute approximate surface area is 202 Å². The van der Waals surface area contributed by atoms with Gasteiger partial charge in [-0.2, -0.15) is 0 Å². The molecule has 0 saturated heterocycles. The lowest BCUT2D eigenvalue weighted by atomic mass is 10.2. The normalized spacial score (nSPS) is 11.6. The molecule has 4 aromatic heterocycles. The maximum Gasteiger partial charge on any atom is 0.267 e. The van der Waals surface area contributed by atoms with Crippen molar-refractivity contribution >= 4 is 45.7 Å². The number of ether oxygens (including phenoxy) is 1. The highest BCUT2D eigenvalue weighted by atomic mass is 35.5. The molecule has 6 aromatic rings. The van der Waals surface area contributed by atoms with Gasteiger partial charge in [0.25, 0.3) is 5.56 Å². The first kappa shape index (κ1) is 20.8. The highest BCUT2D eigenvalue weighted by Crippen LogP contribution is 2.26. The van der Waals surface area contributed by atoms with Gasteiger partial charge >= 0.3 is 0 Å². The number of hydrogen-bond donors (Lipinski definition) is 0. The van der Waals surface area contributed by atoms with Gasteiger partial charge in [0.1, 0.15) is 11.4 Å². The fraction of sp³-hybridized carbons (Fsp3) is 0.0833. The van der Waals surface area contributed by atoms with Crippen LogP contribution < -0.4 is 10.3 Å². The maximum atomic E-state index is 13.4. The van der Waals surface area contributed by atoms with Crippen LogP contribution >= 0.6 is 23.4 Å². The van der Waals surface area contributed by atoms with Gasteiger partial charge in [0, 0.05) is 18.1 Å². The Bertz CT molecular complexity index is 1740. The molecule has 0 N–H and O–H groups in total. The second-order valence-corrected chi connectivity index (χ2v) is 8.99. The van der Waals surface area contributed by atoms with Gasteiger partial charge in [0.2, 0.25) is 5.78 Å². The number of benzene rings is 2. The lowest BCUT2D eigenvalue weighted by Crippen LogP contribution is -2.21. The Morgan fingerprint density at radius 3 is 2.65 bits per heavy atom. The largest absolute Gasteiger partial charge is 0.497 e. The molecule has 0 bridgehead atoms. The Morgan fingerprint density at radius 2 is 1.82 bits per heavy atom. The predicted molar refractivity (Wildman–Crippen MR) is 132 cm³/mol. The smallest absolute Gasteiger partial charge is 0.267 e. The van der Waals surface area contributed by atoms with E-state index in [0.29, 0.717) is 38.5 Å². The molecule has 34 heavy (non-hydrogen) atoms. The summed E-state index contributed by atoms with van der Waals surface area (Å²) in [5, 5.41) is 10.7. The number of methoxy groups -OCH3 is 1. The Balaban J connectivity index is 1.47. The molecule has 0 aliphatic rings. The van der Waals surface area contributed by atoms with Gasteiger partial charge in [-0.25, -0.2) is 9.55 Å². The molecule has 0 saturated carbocycles. The van der Waals surface area contributed by atoms with Crippen molar-refractivity contribution in [3.63, 3.8) is 0 Å². The van der Waals surface area contributed by atoms with Crippen molar-refractivity contribution in [1.82, 2.24) is 28.5 Å². The number of halogens is 1. The van der Waals surface area contributed by atoms with E-state index >= 15 is 0 Å². The SMILES string of the molecule is COc1ccc(-n2c(=O)c3ccccc3n3c(SCc4cn5cc(Cl)ccc5n4)nnc23)cc1. The van der Waals surface area contributed by atoms with E-state index in [1.165, 1.54) is 11.8 Å². The lowest BCUT2D eigenvalue weighted by molar-refractivity contribution is 0.414. The van der Waals surface area contributed by atoms with Crippen molar-refractivity contribution in [1.29, 1.82) is 0 Å². The first-order chi connectivity index (χ1) is 16.6. The van der Waals surface area contributed by atoms with Gasteiger partial charge in [-0.15, -0.1) is 10.2 Å². The van der Waals surface area contributed by atoms with Crippen LogP contribution in [0.4, 0.5) is 0 Å². The maximum absolute atomic E-state index is 13.4. The van der Waals surface area contributed by atoms with Gasteiger partial charge in [0.05, 0.1) is 34.4 Å². The summed E-state index contributed by atoms with van der Waals surface area (Å²) >= 11 is 7.60. The summed E-state index contributed by atoms with van der Waals surface area (Å²) in [7, 11) is 1.61. The topological polar surface area (TPSA) is 78.7 Å². The standard InChI is InChI=1S/C24H17ClN6O2S/c1-33-18-9-7-17(8-10-18)30-22(32)19-4-2-3-5-20(19)31-23(30)27-28-24(31)34-14-16-13-29-12-15(25)6-11-21(29)26-16/h2-13H,14H2,1H3. The zero-order chi connectivity index (χ0) is 23.2. The third-order valence-electron chi connectivity index (χ3n) is 5.54. The molecule has 0 unspecified atom stereocenters. The quantitative estimate of drug-likeness (QED) is 0.329. The second kappa shape index (κ2) is 8.19. The zero-order valence-electron chi connectivity index (χ0n) is 17.9. The average molecular weight is 489 g/mol. The number of aromatic nitrogens is 6. The third-order valence-corrected chi connectivity index (χ3v) is 6.73. The van der Waals surface area contributed by atoms with E-state index in [-0.39, 0.29) is 5.56 Å². The van der Waals surface area contributed by atoms with Crippen LogP contribution in [0.15, 0.2) is 83.0 Å². The molecule has 10 heteroatoms. The summed E-state index contributed by atoms with van der Waals surface area (Å²) in [6, 6.07) is 18.5. The van der Waals surface area contributed by atoms with Gasteiger partial charge in [-0.3, -0.25) is 9.20 Å². The van der Waals surface area contributed by atoms with Crippen LogP contribution in [0.1, 0.15) is 5.69 Å². The molecule has 4 heterocycles. The first-order valence-corrected chi connectivity index (χ1v) is 11.8. The van der Waals surface area contributed by atoms with E-state index in [1.54, 1.807) is 11.7 Å². The summed E-state index contributed by atoms with van der Waals surface area (Å²) in [5.74, 6) is 1.73. The van der Waals surface area contributed by atoms with Crippen molar-refractivity contribution in [3.8, 4) is 11.4 Å². The van der Waals surface area contributed by atoms with E-state index in [2.05, 4.69) is 15.2 Å². The number of nitrogens with zero attached hydrogens (tertiary/aromatic N) is 6. The zero-order valence-corrected chi connectivity index (χ0v) is 19.5. The molecule has 0 fully saturated rings. The number of pyridine rings is 1. The van der Waals surface area contributed by atoms with Crippen LogP contribution in [0.5, 0.6) is 5.75 Å². The molecule has 0 aliphatic carbocycles. The van der Waals surface area contributed by atoms with Crippen molar-refractivity contribution in [3.05, 3.63) is 94.1 Å². The van der Waals surface area contributed by atoms with Crippen LogP contribution in [-0.2, 0) is 5.75 Å². The lowest BCUT2D eigenvalue weighted by Gasteiger charge is -2.11. The van der Waals surface area contributed by atoms with E-state index in [4.69, 9.17) is 16.3 Å². The fourth-order valence-electron chi connectivity index (χ4n) is 3.96. The molecular weight excluding hydrogens is 472 g/mol. The summed E-state index contributed by atoms with van der Waals surface area (Å²) < 4.78 is 10.7. The predicted octanol–water partition coefficient (Wildman–Crippen LogP) is 4.64. The first-order valence-electron chi connectivity index (χ1n) is 10.4. The van der Waals surface area contributed by atoms with Crippen molar-refractivity contribution in [2.45, 2.75) is 10.9 Å². The van der Waals surface area contributed by atoms with Gasteiger partial charge in [0.15, 0.2) is 5.16 Å². The molecule has 0 spiro atoms. The van der Waals surface area contributed by atoms with E-state index < -0.39 is 0 Å². The van der Waals surface area contributed by atoms with E-state index in [1.807, 2.05) is 81.9 Å². The minimum atomic E-state index is -0.158. The number of imidazole rings is 1. The molecule has 6 rings (SSSR count). The minimum Gasteiger partial charge on any atom is -0.497 e. The molecule has 168 valence electrons. The molecule has 2 aromatic carbocycles. The minimum absolute atomic E-state index is 0.158. The number of rotatable bonds is 5. The van der Waals surface area contributed by atoms with Crippen LogP contribution in [0.2, 0.25) is 5.02 Å². The van der Waals surface area contributed by atoms with Gasteiger partial charge in [-0.1, -0.05) is 35.5 Å². The van der Waals surface area contributed by atoms with Gasteiger partial charge < -0.3 is 9.14 Å². The molecule has 0 atom stereocenters. The Morgan fingerprint density at radius 1 is 1.00 bits per heavy atom. The molecular formula is C24H17ClN6O2S. The third kappa shape index (κ3) is 3.41. The highest BCUT2D eigenvalue weighted by Gasteiger charge is 2.18. The number of thioether (sulfide) groups is 1. The average Bonchev–Trinajstić information content (AvgIpc) is 3.47. The molecule has 8 nitrogen and oxygen atoms in total. The molecule has 0 aliphatic heterocycles. The second-order valence-electron chi connectivity index (χ2n) is 7.61. The van der Waals surface area contributed by atoms with Crippen molar-refractivity contribution in [2.75, 3.05) is 7.11 Å². The van der Waals surface area contributed by atoms with Crippen LogP contribution in [0, 0.1) is 0 Å². The molecule has 0 radical (unpaired) electrons. The highest BCUT2D eigenvalue weighted by molar-refractivity contribution is 7.98. The Hall–Kier alpha value is -3.82. The summed E-state index contributed by atoms with van der Waals surface area (Å²) in [6.07, 6.45) is 3.77. The van der Waals surface area contributed by atoms with Crippen molar-refractivity contribution < 1.29 is 4.74 Å².